The summed E-state index contributed by atoms with van der Waals surface area (Å²) in [5, 5.41) is 0. The van der Waals surface area contributed by atoms with Gasteiger partial charge in [0.25, 0.3) is 11.8 Å². The molecule has 2 rings (SSSR count). The van der Waals surface area contributed by atoms with Gasteiger partial charge in [-0.15, -0.1) is 0 Å². The molecule has 0 bridgehead atoms. The van der Waals surface area contributed by atoms with E-state index < -0.39 is 5.91 Å². The van der Waals surface area contributed by atoms with Crippen LogP contribution in [0, 0.1) is 3.57 Å². The summed E-state index contributed by atoms with van der Waals surface area (Å²) in [7, 11) is 0. The van der Waals surface area contributed by atoms with Crippen LogP contribution in [0.4, 0.5) is 0 Å². The van der Waals surface area contributed by atoms with E-state index in [1.165, 1.54) is 0 Å². The van der Waals surface area contributed by atoms with Crippen LogP contribution in [-0.2, 0) is 0 Å². The SMILES string of the molecule is CCOc1ccc(Br)cc1C(=O)NNC(=O)c1ccccc1I. The van der Waals surface area contributed by atoms with E-state index in [9.17, 15) is 9.59 Å². The highest BCUT2D eigenvalue weighted by Crippen LogP contribution is 2.23. The van der Waals surface area contributed by atoms with Gasteiger partial charge >= 0.3 is 0 Å². The lowest BCUT2D eigenvalue weighted by molar-refractivity contribution is 0.0844. The minimum absolute atomic E-state index is 0.337. The van der Waals surface area contributed by atoms with Gasteiger partial charge < -0.3 is 4.74 Å². The van der Waals surface area contributed by atoms with E-state index in [0.29, 0.717) is 23.5 Å². The summed E-state index contributed by atoms with van der Waals surface area (Å²) in [6.45, 7) is 2.28. The summed E-state index contributed by atoms with van der Waals surface area (Å²) in [6.07, 6.45) is 0. The maximum absolute atomic E-state index is 12.3. The molecular weight excluding hydrogens is 475 g/mol. The third kappa shape index (κ3) is 4.68. The molecule has 2 aromatic rings. The molecule has 0 aliphatic carbocycles. The molecule has 0 heterocycles. The number of amides is 2. The molecule has 0 radical (unpaired) electrons. The van der Waals surface area contributed by atoms with Crippen LogP contribution >= 0.6 is 38.5 Å². The van der Waals surface area contributed by atoms with Crippen LogP contribution in [0.1, 0.15) is 27.6 Å². The largest absolute Gasteiger partial charge is 0.493 e. The zero-order chi connectivity index (χ0) is 16.8. The maximum atomic E-state index is 12.3. The second-order valence-electron chi connectivity index (χ2n) is 4.46. The Kier molecular flexibility index (Phi) is 6.40. The summed E-state index contributed by atoms with van der Waals surface area (Å²) in [4.78, 5) is 24.4. The molecule has 2 aromatic carbocycles. The Balaban J connectivity index is 2.09. The van der Waals surface area contributed by atoms with Gasteiger partial charge in [-0.1, -0.05) is 28.1 Å². The van der Waals surface area contributed by atoms with Gasteiger partial charge in [-0.2, -0.15) is 0 Å². The van der Waals surface area contributed by atoms with E-state index in [0.717, 1.165) is 8.04 Å². The van der Waals surface area contributed by atoms with Crippen LogP contribution in [0.5, 0.6) is 5.75 Å². The van der Waals surface area contributed by atoms with Crippen LogP contribution in [-0.4, -0.2) is 18.4 Å². The highest BCUT2D eigenvalue weighted by Gasteiger charge is 2.15. The molecule has 0 atom stereocenters. The summed E-state index contributed by atoms with van der Waals surface area (Å²) in [5.74, 6) is -0.373. The van der Waals surface area contributed by atoms with E-state index in [1.54, 1.807) is 30.3 Å². The van der Waals surface area contributed by atoms with Crippen molar-refractivity contribution in [1.82, 2.24) is 10.9 Å². The molecule has 0 saturated carbocycles. The Morgan fingerprint density at radius 2 is 1.74 bits per heavy atom. The zero-order valence-electron chi connectivity index (χ0n) is 12.2. The minimum Gasteiger partial charge on any atom is -0.493 e. The third-order valence-electron chi connectivity index (χ3n) is 2.89. The van der Waals surface area contributed by atoms with Crippen LogP contribution < -0.4 is 15.6 Å². The number of carbonyl (C=O) groups is 2. The van der Waals surface area contributed by atoms with Crippen LogP contribution in [0.2, 0.25) is 0 Å². The Hall–Kier alpha value is -1.61. The number of halogens is 2. The van der Waals surface area contributed by atoms with Gasteiger partial charge in [0, 0.05) is 8.04 Å². The molecule has 0 aliphatic heterocycles. The molecule has 0 spiro atoms. The van der Waals surface area contributed by atoms with Gasteiger partial charge in [-0.05, 0) is 59.8 Å². The number of hydrazine groups is 1. The summed E-state index contributed by atoms with van der Waals surface area (Å²) < 4.78 is 6.97. The number of ether oxygens (including phenoxy) is 1. The Morgan fingerprint density at radius 3 is 2.39 bits per heavy atom. The first kappa shape index (κ1) is 17.7. The Bertz CT molecular complexity index is 737. The van der Waals surface area contributed by atoms with Gasteiger partial charge in [0.05, 0.1) is 17.7 Å². The van der Waals surface area contributed by atoms with E-state index in [2.05, 4.69) is 49.4 Å². The zero-order valence-corrected chi connectivity index (χ0v) is 16.0. The van der Waals surface area contributed by atoms with Crippen molar-refractivity contribution in [2.24, 2.45) is 0 Å². The fourth-order valence-corrected chi connectivity index (χ4v) is 2.85. The molecule has 0 aliphatic rings. The van der Waals surface area contributed by atoms with Gasteiger partial charge in [0.2, 0.25) is 0 Å². The standard InChI is InChI=1S/C16H14BrIN2O3/c1-2-23-14-8-7-10(17)9-12(14)16(22)20-19-15(21)11-5-3-4-6-13(11)18/h3-9H,2H2,1H3,(H,19,21)(H,20,22). The molecule has 23 heavy (non-hydrogen) atoms. The van der Waals surface area contributed by atoms with E-state index in [-0.39, 0.29) is 5.91 Å². The smallest absolute Gasteiger partial charge is 0.273 e. The van der Waals surface area contributed by atoms with Crippen molar-refractivity contribution in [1.29, 1.82) is 0 Å². The molecular formula is C16H14BrIN2O3. The topological polar surface area (TPSA) is 67.4 Å². The molecule has 5 nitrogen and oxygen atoms in total. The average molecular weight is 489 g/mol. The summed E-state index contributed by atoms with van der Waals surface area (Å²) in [6, 6.07) is 12.2. The van der Waals surface area contributed by atoms with Gasteiger partial charge in [-0.3, -0.25) is 20.4 Å². The number of carbonyl (C=O) groups excluding carboxylic acids is 2. The highest BCUT2D eigenvalue weighted by atomic mass is 127. The average Bonchev–Trinajstić information content (AvgIpc) is 2.54. The van der Waals surface area contributed by atoms with Crippen LogP contribution in [0.15, 0.2) is 46.9 Å². The highest BCUT2D eigenvalue weighted by molar-refractivity contribution is 14.1. The van der Waals surface area contributed by atoms with Gasteiger partial charge in [-0.25, -0.2) is 0 Å². The first-order chi connectivity index (χ1) is 11.0. The number of nitrogens with one attached hydrogen (secondary N) is 2. The van der Waals surface area contributed by atoms with Crippen molar-refractivity contribution >= 4 is 50.3 Å². The van der Waals surface area contributed by atoms with Crippen molar-refractivity contribution in [2.75, 3.05) is 6.61 Å². The second kappa shape index (κ2) is 8.30. The lowest BCUT2D eigenvalue weighted by Gasteiger charge is -2.12. The van der Waals surface area contributed by atoms with E-state index in [4.69, 9.17) is 4.74 Å². The lowest BCUT2D eigenvalue weighted by Crippen LogP contribution is -2.42. The lowest BCUT2D eigenvalue weighted by atomic mass is 10.2. The minimum atomic E-state index is -0.450. The Labute approximate surface area is 156 Å². The van der Waals surface area contributed by atoms with E-state index in [1.807, 2.05) is 19.1 Å². The molecule has 7 heteroatoms. The predicted molar refractivity (Wildman–Crippen MR) is 99.4 cm³/mol. The normalized spacial score (nSPS) is 10.0. The van der Waals surface area contributed by atoms with Gasteiger partial charge in [0.15, 0.2) is 0 Å². The molecule has 0 unspecified atom stereocenters. The van der Waals surface area contributed by atoms with E-state index >= 15 is 0 Å². The molecule has 120 valence electrons. The Morgan fingerprint density at radius 1 is 1.09 bits per heavy atom. The van der Waals surface area contributed by atoms with Crippen molar-refractivity contribution in [3.8, 4) is 5.75 Å². The fourth-order valence-electron chi connectivity index (χ4n) is 1.85. The number of benzene rings is 2. The predicted octanol–water partition coefficient (Wildman–Crippen LogP) is 3.53. The van der Waals surface area contributed by atoms with Crippen LogP contribution in [0.25, 0.3) is 0 Å². The second-order valence-corrected chi connectivity index (χ2v) is 6.54. The van der Waals surface area contributed by atoms with Crippen molar-refractivity contribution in [3.63, 3.8) is 0 Å². The van der Waals surface area contributed by atoms with Crippen molar-refractivity contribution in [2.45, 2.75) is 6.92 Å². The quantitative estimate of drug-likeness (QED) is 0.511. The van der Waals surface area contributed by atoms with Crippen molar-refractivity contribution < 1.29 is 14.3 Å². The number of hydrogen-bond donors (Lipinski definition) is 2. The molecule has 2 amide bonds. The third-order valence-corrected chi connectivity index (χ3v) is 4.33. The molecule has 0 aromatic heterocycles. The monoisotopic (exact) mass is 488 g/mol. The van der Waals surface area contributed by atoms with Crippen molar-refractivity contribution in [3.05, 3.63) is 61.6 Å². The fraction of sp³-hybridized carbons (Fsp3) is 0.125. The number of rotatable bonds is 4. The molecule has 2 N–H and O–H groups in total. The number of hydrogen-bond acceptors (Lipinski definition) is 3. The summed E-state index contributed by atoms with van der Waals surface area (Å²) in [5.41, 5.74) is 5.65. The first-order valence-electron chi connectivity index (χ1n) is 6.80. The molecule has 0 saturated heterocycles. The summed E-state index contributed by atoms with van der Waals surface area (Å²) >= 11 is 5.38. The van der Waals surface area contributed by atoms with Gasteiger partial charge in [0.1, 0.15) is 5.75 Å². The maximum Gasteiger partial charge on any atom is 0.273 e. The van der Waals surface area contributed by atoms with Crippen LogP contribution in [0.3, 0.4) is 0 Å². The molecule has 0 fully saturated rings. The first-order valence-corrected chi connectivity index (χ1v) is 8.67.